The lowest BCUT2D eigenvalue weighted by Gasteiger charge is -2.39. The number of rotatable bonds is 5. The van der Waals surface area contributed by atoms with Crippen molar-refractivity contribution in [3.63, 3.8) is 0 Å². The van der Waals surface area contributed by atoms with Crippen molar-refractivity contribution < 1.29 is 61.7 Å². The summed E-state index contributed by atoms with van der Waals surface area (Å²) in [4.78, 5) is 26.5. The van der Waals surface area contributed by atoms with Gasteiger partial charge in [0.2, 0.25) is 12.1 Å². The number of phenols is 1. The van der Waals surface area contributed by atoms with Crippen molar-refractivity contribution in [2.75, 3.05) is 6.61 Å². The topological polar surface area (TPSA) is 217 Å². The molecule has 35 heavy (non-hydrogen) atoms. The molecule has 1 saturated heterocycles. The van der Waals surface area contributed by atoms with Gasteiger partial charge in [0.05, 0.1) is 17.7 Å². The Labute approximate surface area is 197 Å². The maximum Gasteiger partial charge on any atom is 0.446 e. The lowest BCUT2D eigenvalue weighted by Crippen LogP contribution is -2.60. The molecule has 6 N–H and O–H groups in total. The Morgan fingerprint density at radius 1 is 0.943 bits per heavy atom. The highest BCUT2D eigenvalue weighted by Crippen LogP contribution is 2.41. The molecule has 0 saturated carbocycles. The molecule has 0 radical (unpaired) electrons. The number of carbonyl (C=O) groups is 2. The van der Waals surface area contributed by atoms with Crippen LogP contribution in [-0.2, 0) is 15.1 Å². The summed E-state index contributed by atoms with van der Waals surface area (Å²) in [5.74, 6) is -3.43. The maximum atomic E-state index is 13.3. The van der Waals surface area contributed by atoms with E-state index in [1.807, 2.05) is 0 Å². The molecule has 14 heteroatoms. The lowest BCUT2D eigenvalue weighted by molar-refractivity contribution is -0.277. The molecule has 0 bridgehead atoms. The van der Waals surface area contributed by atoms with Gasteiger partial charge >= 0.3 is 10.4 Å². The van der Waals surface area contributed by atoms with Crippen molar-refractivity contribution in [2.45, 2.75) is 37.6 Å². The molecule has 2 aromatic carbocycles. The van der Waals surface area contributed by atoms with Gasteiger partial charge in [-0.2, -0.15) is 8.42 Å². The van der Waals surface area contributed by atoms with Crippen molar-refractivity contribution in [3.05, 3.63) is 52.1 Å². The number of aliphatic hydroxyl groups is 4. The predicted octanol–water partition coefficient (Wildman–Crippen LogP) is -1.16. The SMILES string of the molecule is Cc1cc(O)c2c(c1)C(=O)c1cc(OS(=O)(=O)O)cc(O[C@@H]3O[C@@H](CO)[C@@H](O)[C@H](O)[C@@H]3O)c1C2=O. The zero-order valence-electron chi connectivity index (χ0n) is 17.9. The Morgan fingerprint density at radius 2 is 1.60 bits per heavy atom. The van der Waals surface area contributed by atoms with E-state index < -0.39 is 87.7 Å². The summed E-state index contributed by atoms with van der Waals surface area (Å²) < 4.78 is 46.8. The number of ketones is 2. The van der Waals surface area contributed by atoms with Crippen LogP contribution in [0.4, 0.5) is 0 Å². The molecular weight excluding hydrogens is 492 g/mol. The molecule has 0 amide bonds. The van der Waals surface area contributed by atoms with Crippen LogP contribution in [0.5, 0.6) is 17.2 Å². The van der Waals surface area contributed by atoms with E-state index in [-0.39, 0.29) is 11.1 Å². The highest BCUT2D eigenvalue weighted by Gasteiger charge is 2.46. The van der Waals surface area contributed by atoms with Crippen LogP contribution >= 0.6 is 0 Å². The van der Waals surface area contributed by atoms with Crippen molar-refractivity contribution in [1.29, 1.82) is 0 Å². The number of aromatic hydroxyl groups is 1. The molecule has 13 nitrogen and oxygen atoms in total. The van der Waals surface area contributed by atoms with Crippen molar-refractivity contribution >= 4 is 22.0 Å². The minimum absolute atomic E-state index is 0.178. The van der Waals surface area contributed by atoms with Gasteiger partial charge in [0.25, 0.3) is 0 Å². The van der Waals surface area contributed by atoms with Crippen LogP contribution in [0.2, 0.25) is 0 Å². The number of aryl methyl sites for hydroxylation is 1. The monoisotopic (exact) mass is 512 g/mol. The van der Waals surface area contributed by atoms with Gasteiger partial charge in [0.1, 0.15) is 41.7 Å². The summed E-state index contributed by atoms with van der Waals surface area (Å²) >= 11 is 0. The lowest BCUT2D eigenvalue weighted by atomic mass is 9.82. The Balaban J connectivity index is 1.87. The average molecular weight is 512 g/mol. The molecule has 2 aromatic rings. The first-order valence-electron chi connectivity index (χ1n) is 10.1. The smallest absolute Gasteiger partial charge is 0.446 e. The second-order valence-corrected chi connectivity index (χ2v) is 9.06. The molecule has 5 atom stereocenters. The van der Waals surface area contributed by atoms with Gasteiger partial charge < -0.3 is 39.2 Å². The number of phenolic OH excluding ortho intramolecular Hbond substituents is 1. The number of carbonyl (C=O) groups excluding carboxylic acids is 2. The Kier molecular flexibility index (Phi) is 6.31. The number of benzene rings is 2. The number of ether oxygens (including phenoxy) is 2. The normalized spacial score (nSPS) is 26.2. The Bertz CT molecular complexity index is 1320. The summed E-state index contributed by atoms with van der Waals surface area (Å²) in [5, 5.41) is 50.0. The van der Waals surface area contributed by atoms with E-state index >= 15 is 0 Å². The van der Waals surface area contributed by atoms with E-state index in [1.54, 1.807) is 6.92 Å². The second kappa shape index (κ2) is 8.83. The molecular formula is C21H20O13S. The molecule has 4 rings (SSSR count). The minimum Gasteiger partial charge on any atom is -0.507 e. The molecule has 0 unspecified atom stereocenters. The molecule has 1 heterocycles. The fourth-order valence-corrected chi connectivity index (χ4v) is 4.35. The van der Waals surface area contributed by atoms with Gasteiger partial charge in [-0.15, -0.1) is 0 Å². The quantitative estimate of drug-likeness (QED) is 0.223. The van der Waals surface area contributed by atoms with E-state index in [0.717, 1.165) is 12.1 Å². The first kappa shape index (κ1) is 25.0. The maximum absolute atomic E-state index is 13.3. The molecule has 1 fully saturated rings. The summed E-state index contributed by atoms with van der Waals surface area (Å²) in [6.45, 7) is 0.783. The van der Waals surface area contributed by atoms with Crippen LogP contribution in [0, 0.1) is 6.92 Å². The molecule has 1 aliphatic carbocycles. The Morgan fingerprint density at radius 3 is 2.23 bits per heavy atom. The van der Waals surface area contributed by atoms with Gasteiger partial charge in [-0.25, -0.2) is 0 Å². The van der Waals surface area contributed by atoms with Crippen molar-refractivity contribution in [3.8, 4) is 17.2 Å². The van der Waals surface area contributed by atoms with Gasteiger partial charge in [-0.1, -0.05) is 0 Å². The third kappa shape index (κ3) is 4.48. The van der Waals surface area contributed by atoms with Crippen LogP contribution in [0.25, 0.3) is 0 Å². The number of hydrogen-bond donors (Lipinski definition) is 6. The van der Waals surface area contributed by atoms with Crippen LogP contribution in [0.1, 0.15) is 37.4 Å². The van der Waals surface area contributed by atoms with E-state index in [4.69, 9.17) is 14.0 Å². The molecule has 188 valence electrons. The molecule has 0 spiro atoms. The van der Waals surface area contributed by atoms with Crippen LogP contribution in [0.15, 0.2) is 24.3 Å². The first-order chi connectivity index (χ1) is 16.3. The zero-order chi connectivity index (χ0) is 25.8. The van der Waals surface area contributed by atoms with Crippen molar-refractivity contribution in [2.24, 2.45) is 0 Å². The average Bonchev–Trinajstić information content (AvgIpc) is 2.75. The standard InChI is InChI=1S/C21H20O13S/c1-7-2-9-14(11(23)3-7)18(26)15-10(16(9)24)4-8(34-35(29,30)31)5-12(15)32-21-20(28)19(27)17(25)13(6-22)33-21/h2-5,13,17,19-23,25,27-28H,6H2,1H3,(H,29,30,31)/t13-,17+,19-,20-,21+/m0/s1. The fraction of sp³-hybridized carbons (Fsp3) is 0.333. The summed E-state index contributed by atoms with van der Waals surface area (Å²) in [6, 6.07) is 4.26. The first-order valence-corrected chi connectivity index (χ1v) is 11.4. The highest BCUT2D eigenvalue weighted by molar-refractivity contribution is 7.81. The van der Waals surface area contributed by atoms with E-state index in [9.17, 15) is 43.5 Å². The van der Waals surface area contributed by atoms with Gasteiger partial charge in [-0.05, 0) is 30.7 Å². The third-order valence-electron chi connectivity index (χ3n) is 5.57. The summed E-state index contributed by atoms with van der Waals surface area (Å²) in [5.41, 5.74) is -0.943. The molecule has 0 aromatic heterocycles. The Hall–Kier alpha value is -3.11. The van der Waals surface area contributed by atoms with Gasteiger partial charge in [0, 0.05) is 17.2 Å². The summed E-state index contributed by atoms with van der Waals surface area (Å²) in [7, 11) is -5.08. The van der Waals surface area contributed by atoms with E-state index in [0.29, 0.717) is 5.56 Å². The number of fused-ring (bicyclic) bond motifs is 2. The molecule has 1 aliphatic heterocycles. The third-order valence-corrected chi connectivity index (χ3v) is 5.98. The van der Waals surface area contributed by atoms with Gasteiger partial charge in [-0.3, -0.25) is 14.1 Å². The largest absolute Gasteiger partial charge is 0.507 e. The number of aliphatic hydroxyl groups excluding tert-OH is 4. The van der Waals surface area contributed by atoms with Crippen LogP contribution < -0.4 is 8.92 Å². The van der Waals surface area contributed by atoms with Crippen LogP contribution in [-0.4, -0.2) is 87.4 Å². The zero-order valence-corrected chi connectivity index (χ0v) is 18.7. The highest BCUT2D eigenvalue weighted by atomic mass is 32.3. The van der Waals surface area contributed by atoms with E-state index in [1.165, 1.54) is 12.1 Å². The van der Waals surface area contributed by atoms with Crippen LogP contribution in [0.3, 0.4) is 0 Å². The fourth-order valence-electron chi connectivity index (χ4n) is 4.01. The van der Waals surface area contributed by atoms with E-state index in [2.05, 4.69) is 4.18 Å². The molecule has 2 aliphatic rings. The number of hydrogen-bond acceptors (Lipinski definition) is 12. The summed E-state index contributed by atoms with van der Waals surface area (Å²) in [6.07, 6.45) is -8.66. The minimum atomic E-state index is -5.08. The van der Waals surface area contributed by atoms with Gasteiger partial charge in [0.15, 0.2) is 5.78 Å². The van der Waals surface area contributed by atoms with Crippen molar-refractivity contribution in [1.82, 2.24) is 0 Å². The predicted molar refractivity (Wildman–Crippen MR) is 113 cm³/mol. The second-order valence-electron chi connectivity index (χ2n) is 8.04.